The molecule has 0 saturated heterocycles. The molecular formula is C36H34O6. The van der Waals surface area contributed by atoms with E-state index >= 15 is 0 Å². The minimum atomic E-state index is -0.579. The summed E-state index contributed by atoms with van der Waals surface area (Å²) in [6.07, 6.45) is -0.153. The number of esters is 2. The molecule has 0 aliphatic carbocycles. The maximum absolute atomic E-state index is 12.8. The zero-order valence-corrected chi connectivity index (χ0v) is 24.0. The van der Waals surface area contributed by atoms with Crippen LogP contribution in [0.15, 0.2) is 109 Å². The maximum Gasteiger partial charge on any atom is 0.313 e. The van der Waals surface area contributed by atoms with Crippen molar-refractivity contribution in [3.63, 3.8) is 0 Å². The highest BCUT2D eigenvalue weighted by molar-refractivity contribution is 6.09. The van der Waals surface area contributed by atoms with Gasteiger partial charge in [0.2, 0.25) is 0 Å². The van der Waals surface area contributed by atoms with Crippen molar-refractivity contribution in [3.8, 4) is 0 Å². The Morgan fingerprint density at radius 1 is 0.548 bits per heavy atom. The quantitative estimate of drug-likeness (QED) is 0.138. The SMILES string of the molecule is CC(CCOC(=O)[C@@H](C)c1cccc(C(=O)c2ccccc2)c1)OC(=O)[C@@H](C)c1cccc(C(=O)c2ccccc2)c1. The van der Waals surface area contributed by atoms with Crippen molar-refractivity contribution in [1.82, 2.24) is 0 Å². The molecule has 0 saturated carbocycles. The first-order valence-electron chi connectivity index (χ1n) is 14.0. The predicted molar refractivity (Wildman–Crippen MR) is 161 cm³/mol. The number of ketones is 2. The molecule has 3 atom stereocenters. The molecule has 0 spiro atoms. The first kappa shape index (κ1) is 30.1. The van der Waals surface area contributed by atoms with Crippen molar-refractivity contribution in [2.24, 2.45) is 0 Å². The third-order valence-electron chi connectivity index (χ3n) is 7.16. The Bertz CT molecular complexity index is 1540. The first-order chi connectivity index (χ1) is 20.2. The van der Waals surface area contributed by atoms with E-state index in [0.717, 1.165) is 0 Å². The van der Waals surface area contributed by atoms with E-state index in [1.54, 1.807) is 93.6 Å². The number of hydrogen-bond acceptors (Lipinski definition) is 6. The highest BCUT2D eigenvalue weighted by Gasteiger charge is 2.22. The third-order valence-corrected chi connectivity index (χ3v) is 7.16. The van der Waals surface area contributed by atoms with Gasteiger partial charge in [-0.3, -0.25) is 19.2 Å². The van der Waals surface area contributed by atoms with E-state index in [1.807, 2.05) is 36.4 Å². The van der Waals surface area contributed by atoms with E-state index in [9.17, 15) is 19.2 Å². The number of ether oxygens (including phenoxy) is 2. The minimum Gasteiger partial charge on any atom is -0.465 e. The van der Waals surface area contributed by atoms with Gasteiger partial charge in [0.05, 0.1) is 18.4 Å². The Labute approximate surface area is 246 Å². The van der Waals surface area contributed by atoms with Gasteiger partial charge in [0.1, 0.15) is 6.10 Å². The van der Waals surface area contributed by atoms with Crippen molar-refractivity contribution in [2.45, 2.75) is 45.1 Å². The van der Waals surface area contributed by atoms with Gasteiger partial charge in [-0.15, -0.1) is 0 Å². The minimum absolute atomic E-state index is 0.0791. The van der Waals surface area contributed by atoms with Gasteiger partial charge < -0.3 is 9.47 Å². The zero-order valence-electron chi connectivity index (χ0n) is 24.0. The van der Waals surface area contributed by atoms with Crippen LogP contribution < -0.4 is 0 Å². The summed E-state index contributed by atoms with van der Waals surface area (Å²) in [7, 11) is 0. The molecule has 42 heavy (non-hydrogen) atoms. The molecule has 4 aromatic carbocycles. The molecule has 0 bridgehead atoms. The molecule has 0 aliphatic heterocycles. The van der Waals surface area contributed by atoms with Crippen LogP contribution in [0.5, 0.6) is 0 Å². The van der Waals surface area contributed by atoms with Crippen molar-refractivity contribution in [2.75, 3.05) is 6.61 Å². The van der Waals surface area contributed by atoms with E-state index in [1.165, 1.54) is 0 Å². The van der Waals surface area contributed by atoms with Gasteiger partial charge >= 0.3 is 11.9 Å². The molecule has 0 aromatic heterocycles. The van der Waals surface area contributed by atoms with Crippen molar-refractivity contribution in [3.05, 3.63) is 143 Å². The molecule has 0 heterocycles. The summed E-state index contributed by atoms with van der Waals surface area (Å²) >= 11 is 0. The first-order valence-corrected chi connectivity index (χ1v) is 14.0. The number of rotatable bonds is 12. The topological polar surface area (TPSA) is 86.7 Å². The van der Waals surface area contributed by atoms with Crippen molar-refractivity contribution in [1.29, 1.82) is 0 Å². The van der Waals surface area contributed by atoms with Crippen LogP contribution in [-0.4, -0.2) is 36.2 Å². The van der Waals surface area contributed by atoms with Crippen LogP contribution in [0.25, 0.3) is 0 Å². The van der Waals surface area contributed by atoms with Gasteiger partial charge in [0.25, 0.3) is 0 Å². The van der Waals surface area contributed by atoms with E-state index in [2.05, 4.69) is 0 Å². The monoisotopic (exact) mass is 562 g/mol. The standard InChI is InChI=1S/C36H34O6/c1-24(42-36(40)26(3)30-17-11-19-32(23-30)34(38)28-14-8-5-9-15-28)20-21-41-35(39)25(2)29-16-10-18-31(22-29)33(37)27-12-6-4-7-13-27/h4-19,22-26H,20-21H2,1-3H3/t24?,25-,26-/m0/s1. The van der Waals surface area contributed by atoms with Gasteiger partial charge in [-0.2, -0.15) is 0 Å². The predicted octanol–water partition coefficient (Wildman–Crippen LogP) is 6.92. The fourth-order valence-electron chi connectivity index (χ4n) is 4.49. The van der Waals surface area contributed by atoms with Crippen molar-refractivity contribution >= 4 is 23.5 Å². The maximum atomic E-state index is 12.8. The second kappa shape index (κ2) is 14.2. The Hall–Kier alpha value is -4.84. The fourth-order valence-corrected chi connectivity index (χ4v) is 4.49. The van der Waals surface area contributed by atoms with Gasteiger partial charge in [-0.25, -0.2) is 0 Å². The smallest absolute Gasteiger partial charge is 0.313 e. The lowest BCUT2D eigenvalue weighted by molar-refractivity contribution is -0.152. The highest BCUT2D eigenvalue weighted by Crippen LogP contribution is 2.22. The average molecular weight is 563 g/mol. The van der Waals surface area contributed by atoms with Crippen LogP contribution in [0.3, 0.4) is 0 Å². The van der Waals surface area contributed by atoms with Crippen LogP contribution in [0.4, 0.5) is 0 Å². The summed E-state index contributed by atoms with van der Waals surface area (Å²) in [6.45, 7) is 5.29. The van der Waals surface area contributed by atoms with Gasteiger partial charge in [0.15, 0.2) is 11.6 Å². The Morgan fingerprint density at radius 3 is 1.45 bits per heavy atom. The zero-order chi connectivity index (χ0) is 30.1. The highest BCUT2D eigenvalue weighted by atomic mass is 16.6. The Kier molecular flexibility index (Phi) is 10.2. The lowest BCUT2D eigenvalue weighted by Gasteiger charge is -2.18. The van der Waals surface area contributed by atoms with E-state index in [0.29, 0.717) is 39.8 Å². The molecule has 6 heteroatoms. The summed E-state index contributed by atoms with van der Waals surface area (Å²) in [4.78, 5) is 51.2. The lowest BCUT2D eigenvalue weighted by atomic mass is 9.95. The number of carbonyl (C=O) groups excluding carboxylic acids is 4. The van der Waals surface area contributed by atoms with Crippen LogP contribution in [0.2, 0.25) is 0 Å². The fraction of sp³-hybridized carbons (Fsp3) is 0.222. The molecule has 4 aromatic rings. The lowest BCUT2D eigenvalue weighted by Crippen LogP contribution is -2.22. The molecule has 0 fully saturated rings. The Balaban J connectivity index is 1.27. The molecule has 214 valence electrons. The Morgan fingerprint density at radius 2 is 0.976 bits per heavy atom. The number of carbonyl (C=O) groups is 4. The molecular weight excluding hydrogens is 528 g/mol. The summed E-state index contributed by atoms with van der Waals surface area (Å²) in [5.41, 5.74) is 3.53. The molecule has 1 unspecified atom stereocenters. The van der Waals surface area contributed by atoms with Gasteiger partial charge in [-0.05, 0) is 44.0 Å². The van der Waals surface area contributed by atoms with E-state index in [4.69, 9.17) is 9.47 Å². The van der Waals surface area contributed by atoms with E-state index < -0.39 is 29.9 Å². The van der Waals surface area contributed by atoms with Crippen LogP contribution >= 0.6 is 0 Å². The number of benzene rings is 4. The molecule has 0 N–H and O–H groups in total. The van der Waals surface area contributed by atoms with Gasteiger partial charge in [-0.1, -0.05) is 97.1 Å². The van der Waals surface area contributed by atoms with E-state index in [-0.39, 0.29) is 18.2 Å². The second-order valence-electron chi connectivity index (χ2n) is 10.3. The van der Waals surface area contributed by atoms with Crippen LogP contribution in [0.1, 0.15) is 82.0 Å². The van der Waals surface area contributed by atoms with Crippen molar-refractivity contribution < 1.29 is 28.7 Å². The molecule has 6 nitrogen and oxygen atoms in total. The number of hydrogen-bond donors (Lipinski definition) is 0. The second-order valence-corrected chi connectivity index (χ2v) is 10.3. The van der Waals surface area contributed by atoms with Crippen LogP contribution in [0, 0.1) is 0 Å². The molecule has 0 amide bonds. The normalized spacial score (nSPS) is 12.9. The molecule has 0 radical (unpaired) electrons. The summed E-state index contributed by atoms with van der Waals surface area (Å²) in [5, 5.41) is 0. The third kappa shape index (κ3) is 7.67. The summed E-state index contributed by atoms with van der Waals surface area (Å²) < 4.78 is 11.1. The average Bonchev–Trinajstić information content (AvgIpc) is 3.04. The van der Waals surface area contributed by atoms with Gasteiger partial charge in [0, 0.05) is 28.7 Å². The molecule has 0 aliphatic rings. The van der Waals surface area contributed by atoms with Crippen LogP contribution in [-0.2, 0) is 19.1 Å². The largest absolute Gasteiger partial charge is 0.465 e. The molecule has 4 rings (SSSR count). The summed E-state index contributed by atoms with van der Waals surface area (Å²) in [6, 6.07) is 32.0. The summed E-state index contributed by atoms with van der Waals surface area (Å²) in [5.74, 6) is -2.23.